The van der Waals surface area contributed by atoms with E-state index in [0.717, 1.165) is 41.8 Å². The standard InChI is InChI=1S/C16H18BrN3OS/c1-11-8-13(17)9-18-15(11)20-5-2-14(3-6-20)19-16(21)12-4-7-22-10-12/h4,7-10,14H,2-3,5-6H2,1H3,(H,19,21). The number of hydrogen-bond donors (Lipinski definition) is 1. The number of pyridine rings is 1. The Balaban J connectivity index is 1.57. The van der Waals surface area contributed by atoms with Gasteiger partial charge in [0.05, 0.1) is 0 Å². The molecule has 22 heavy (non-hydrogen) atoms. The highest BCUT2D eigenvalue weighted by atomic mass is 79.9. The molecule has 3 rings (SSSR count). The molecule has 1 aliphatic rings. The van der Waals surface area contributed by atoms with Crippen LogP contribution in [0.1, 0.15) is 28.8 Å². The molecule has 6 heteroatoms. The first-order valence-corrected chi connectivity index (χ1v) is 9.07. The summed E-state index contributed by atoms with van der Waals surface area (Å²) < 4.78 is 1.01. The van der Waals surface area contributed by atoms with Crippen LogP contribution < -0.4 is 10.2 Å². The molecule has 0 atom stereocenters. The van der Waals surface area contributed by atoms with Gasteiger partial charge >= 0.3 is 0 Å². The van der Waals surface area contributed by atoms with Crippen molar-refractivity contribution in [3.63, 3.8) is 0 Å². The Labute approximate surface area is 142 Å². The van der Waals surface area contributed by atoms with E-state index in [1.807, 2.05) is 23.0 Å². The van der Waals surface area contributed by atoms with Crippen LogP contribution >= 0.6 is 27.3 Å². The first kappa shape index (κ1) is 15.5. The molecule has 0 saturated carbocycles. The summed E-state index contributed by atoms with van der Waals surface area (Å²) in [5.74, 6) is 1.09. The number of nitrogens with zero attached hydrogens (tertiary/aromatic N) is 2. The number of aryl methyl sites for hydroxylation is 1. The summed E-state index contributed by atoms with van der Waals surface area (Å²) >= 11 is 5.00. The van der Waals surface area contributed by atoms with Crippen molar-refractivity contribution >= 4 is 39.0 Å². The molecule has 1 saturated heterocycles. The highest BCUT2D eigenvalue weighted by Crippen LogP contribution is 2.24. The predicted octanol–water partition coefficient (Wildman–Crippen LogP) is 3.61. The minimum Gasteiger partial charge on any atom is -0.356 e. The summed E-state index contributed by atoms with van der Waals surface area (Å²) in [5.41, 5.74) is 1.94. The van der Waals surface area contributed by atoms with Crippen molar-refractivity contribution in [3.05, 3.63) is 44.7 Å². The second kappa shape index (κ2) is 6.79. The van der Waals surface area contributed by atoms with Gasteiger partial charge in [0.15, 0.2) is 0 Å². The van der Waals surface area contributed by atoms with Crippen LogP contribution in [0.4, 0.5) is 5.82 Å². The third-order valence-corrected chi connectivity index (χ3v) is 5.05. The van der Waals surface area contributed by atoms with Gasteiger partial charge in [0.1, 0.15) is 5.82 Å². The number of nitrogens with one attached hydrogen (secondary N) is 1. The van der Waals surface area contributed by atoms with Gasteiger partial charge in [-0.25, -0.2) is 4.98 Å². The lowest BCUT2D eigenvalue weighted by molar-refractivity contribution is 0.0931. The normalized spacial score (nSPS) is 15.8. The molecule has 1 amide bonds. The van der Waals surface area contributed by atoms with E-state index in [9.17, 15) is 4.79 Å². The first-order valence-electron chi connectivity index (χ1n) is 7.33. The Morgan fingerprint density at radius 3 is 2.86 bits per heavy atom. The second-order valence-electron chi connectivity index (χ2n) is 5.54. The highest BCUT2D eigenvalue weighted by Gasteiger charge is 2.22. The van der Waals surface area contributed by atoms with Gasteiger partial charge in [-0.3, -0.25) is 4.79 Å². The van der Waals surface area contributed by atoms with Crippen LogP contribution in [-0.4, -0.2) is 30.0 Å². The number of aromatic nitrogens is 1. The van der Waals surface area contributed by atoms with Crippen molar-refractivity contribution in [2.24, 2.45) is 0 Å². The smallest absolute Gasteiger partial charge is 0.252 e. The number of amides is 1. The maximum atomic E-state index is 12.1. The van der Waals surface area contributed by atoms with Crippen LogP contribution in [0.2, 0.25) is 0 Å². The van der Waals surface area contributed by atoms with Gasteiger partial charge in [-0.05, 0) is 58.8 Å². The molecule has 1 N–H and O–H groups in total. The van der Waals surface area contributed by atoms with Crippen molar-refractivity contribution in [2.45, 2.75) is 25.8 Å². The Kier molecular flexibility index (Phi) is 4.78. The molecule has 0 unspecified atom stereocenters. The van der Waals surface area contributed by atoms with Crippen LogP contribution in [0.15, 0.2) is 33.6 Å². The first-order chi connectivity index (χ1) is 10.6. The molecular weight excluding hydrogens is 362 g/mol. The fourth-order valence-electron chi connectivity index (χ4n) is 2.76. The second-order valence-corrected chi connectivity index (χ2v) is 7.24. The van der Waals surface area contributed by atoms with Crippen LogP contribution in [0.5, 0.6) is 0 Å². The molecule has 2 aromatic rings. The Morgan fingerprint density at radius 1 is 1.45 bits per heavy atom. The molecule has 4 nitrogen and oxygen atoms in total. The Morgan fingerprint density at radius 2 is 2.23 bits per heavy atom. The molecule has 0 aliphatic carbocycles. The van der Waals surface area contributed by atoms with Gasteiger partial charge < -0.3 is 10.2 Å². The maximum Gasteiger partial charge on any atom is 0.252 e. The van der Waals surface area contributed by atoms with E-state index < -0.39 is 0 Å². The van der Waals surface area contributed by atoms with Gasteiger partial charge in [-0.2, -0.15) is 11.3 Å². The monoisotopic (exact) mass is 379 g/mol. The number of halogens is 1. The fourth-order valence-corrected chi connectivity index (χ4v) is 3.84. The third kappa shape index (κ3) is 3.50. The van der Waals surface area contributed by atoms with E-state index in [-0.39, 0.29) is 11.9 Å². The minimum atomic E-state index is 0.0395. The van der Waals surface area contributed by atoms with Crippen LogP contribution in [0.25, 0.3) is 0 Å². The Hall–Kier alpha value is -1.40. The molecule has 2 aromatic heterocycles. The number of hydrogen-bond acceptors (Lipinski definition) is 4. The van der Waals surface area contributed by atoms with Crippen LogP contribution in [-0.2, 0) is 0 Å². The van der Waals surface area contributed by atoms with E-state index in [2.05, 4.69) is 44.1 Å². The number of piperidine rings is 1. The van der Waals surface area contributed by atoms with Crippen molar-refractivity contribution in [1.29, 1.82) is 0 Å². The maximum absolute atomic E-state index is 12.1. The minimum absolute atomic E-state index is 0.0395. The summed E-state index contributed by atoms with van der Waals surface area (Å²) in [4.78, 5) is 18.9. The lowest BCUT2D eigenvalue weighted by Crippen LogP contribution is -2.45. The van der Waals surface area contributed by atoms with Gasteiger partial charge in [0.25, 0.3) is 5.91 Å². The molecule has 0 spiro atoms. The van der Waals surface area contributed by atoms with Gasteiger partial charge in [0.2, 0.25) is 0 Å². The lowest BCUT2D eigenvalue weighted by atomic mass is 10.0. The van der Waals surface area contributed by atoms with Crippen LogP contribution in [0, 0.1) is 6.92 Å². The summed E-state index contributed by atoms with van der Waals surface area (Å²) in [6.45, 7) is 3.92. The number of carbonyl (C=O) groups is 1. The summed E-state index contributed by atoms with van der Waals surface area (Å²) in [5, 5.41) is 6.95. The summed E-state index contributed by atoms with van der Waals surface area (Å²) in [6, 6.07) is 4.20. The molecule has 1 aliphatic heterocycles. The fraction of sp³-hybridized carbons (Fsp3) is 0.375. The molecule has 0 radical (unpaired) electrons. The number of anilines is 1. The number of rotatable bonds is 3. The average Bonchev–Trinajstić information content (AvgIpc) is 3.03. The summed E-state index contributed by atoms with van der Waals surface area (Å²) in [7, 11) is 0. The molecule has 0 bridgehead atoms. The van der Waals surface area contributed by atoms with Crippen LogP contribution in [0.3, 0.4) is 0 Å². The van der Waals surface area contributed by atoms with Gasteiger partial charge in [-0.1, -0.05) is 0 Å². The predicted molar refractivity (Wildman–Crippen MR) is 93.7 cm³/mol. The van der Waals surface area contributed by atoms with Crippen molar-refractivity contribution in [3.8, 4) is 0 Å². The SMILES string of the molecule is Cc1cc(Br)cnc1N1CCC(NC(=O)c2ccsc2)CC1. The van der Waals surface area contributed by atoms with E-state index in [1.54, 1.807) is 11.3 Å². The topological polar surface area (TPSA) is 45.2 Å². The Bertz CT molecular complexity index is 651. The molecule has 0 aromatic carbocycles. The average molecular weight is 380 g/mol. The van der Waals surface area contributed by atoms with Crippen molar-refractivity contribution in [2.75, 3.05) is 18.0 Å². The zero-order valence-corrected chi connectivity index (χ0v) is 14.8. The molecule has 1 fully saturated rings. The molecule has 116 valence electrons. The zero-order chi connectivity index (χ0) is 15.5. The zero-order valence-electron chi connectivity index (χ0n) is 12.4. The van der Waals surface area contributed by atoms with Gasteiger partial charge in [0, 0.05) is 40.7 Å². The number of carbonyl (C=O) groups excluding carboxylic acids is 1. The van der Waals surface area contributed by atoms with E-state index in [0.29, 0.717) is 0 Å². The lowest BCUT2D eigenvalue weighted by Gasteiger charge is -2.33. The van der Waals surface area contributed by atoms with Crippen molar-refractivity contribution in [1.82, 2.24) is 10.3 Å². The largest absolute Gasteiger partial charge is 0.356 e. The van der Waals surface area contributed by atoms with Gasteiger partial charge in [-0.15, -0.1) is 0 Å². The number of thiophene rings is 1. The third-order valence-electron chi connectivity index (χ3n) is 3.93. The van der Waals surface area contributed by atoms with E-state index in [4.69, 9.17) is 0 Å². The van der Waals surface area contributed by atoms with Crippen molar-refractivity contribution < 1.29 is 4.79 Å². The molecule has 3 heterocycles. The highest BCUT2D eigenvalue weighted by molar-refractivity contribution is 9.10. The molecular formula is C16H18BrN3OS. The van der Waals surface area contributed by atoms with E-state index >= 15 is 0 Å². The quantitative estimate of drug-likeness (QED) is 0.885. The van der Waals surface area contributed by atoms with E-state index in [1.165, 1.54) is 5.56 Å². The summed E-state index contributed by atoms with van der Waals surface area (Å²) in [6.07, 6.45) is 3.74.